The number of phenolic OH excluding ortho intramolecular Hbond substituents is 1. The standard InChI is InChI=1S/C22H20N2O3S/c1-26-15-9-7-14(8-10-15)21(17-13-16(27-2)11-12-19(17)25)24-22-23-18-5-3-4-6-20(18)28-22/h3-13,21,25H,1-2H3,(H,23,24). The van der Waals surface area contributed by atoms with Gasteiger partial charge < -0.3 is 19.9 Å². The van der Waals surface area contributed by atoms with Gasteiger partial charge in [0.1, 0.15) is 17.2 Å². The number of hydrogen-bond acceptors (Lipinski definition) is 6. The van der Waals surface area contributed by atoms with Crippen molar-refractivity contribution in [2.24, 2.45) is 0 Å². The molecule has 1 heterocycles. The predicted octanol–water partition coefficient (Wildman–Crippen LogP) is 5.22. The third-order valence-corrected chi connectivity index (χ3v) is 5.52. The number of nitrogens with one attached hydrogen (secondary N) is 1. The largest absolute Gasteiger partial charge is 0.508 e. The topological polar surface area (TPSA) is 63.6 Å². The molecule has 1 unspecified atom stereocenters. The highest BCUT2D eigenvalue weighted by Gasteiger charge is 2.20. The second-order valence-corrected chi connectivity index (χ2v) is 7.29. The molecule has 0 aliphatic carbocycles. The van der Waals surface area contributed by atoms with E-state index in [1.54, 1.807) is 37.7 Å². The van der Waals surface area contributed by atoms with Gasteiger partial charge in [-0.15, -0.1) is 0 Å². The quantitative estimate of drug-likeness (QED) is 0.471. The van der Waals surface area contributed by atoms with Crippen LogP contribution in [0.25, 0.3) is 10.2 Å². The Labute approximate surface area is 167 Å². The van der Waals surface area contributed by atoms with E-state index in [1.165, 1.54) is 0 Å². The lowest BCUT2D eigenvalue weighted by Gasteiger charge is -2.21. The Morgan fingerprint density at radius 3 is 2.36 bits per heavy atom. The van der Waals surface area contributed by atoms with Crippen LogP contribution < -0.4 is 14.8 Å². The molecule has 1 aromatic heterocycles. The fraction of sp³-hybridized carbons (Fsp3) is 0.136. The van der Waals surface area contributed by atoms with Crippen LogP contribution in [0.5, 0.6) is 17.2 Å². The van der Waals surface area contributed by atoms with Crippen LogP contribution in [0.1, 0.15) is 17.2 Å². The Balaban J connectivity index is 1.78. The Morgan fingerprint density at radius 1 is 0.929 bits per heavy atom. The molecule has 142 valence electrons. The van der Waals surface area contributed by atoms with Crippen LogP contribution >= 0.6 is 11.3 Å². The van der Waals surface area contributed by atoms with Gasteiger partial charge in [-0.2, -0.15) is 0 Å². The van der Waals surface area contributed by atoms with Crippen molar-refractivity contribution in [2.75, 3.05) is 19.5 Å². The van der Waals surface area contributed by atoms with Gasteiger partial charge in [-0.05, 0) is 48.0 Å². The predicted molar refractivity (Wildman–Crippen MR) is 113 cm³/mol. The molecule has 0 saturated carbocycles. The second-order valence-electron chi connectivity index (χ2n) is 6.26. The summed E-state index contributed by atoms with van der Waals surface area (Å²) in [5.74, 6) is 1.64. The molecule has 0 saturated heterocycles. The summed E-state index contributed by atoms with van der Waals surface area (Å²) in [7, 11) is 3.25. The van der Waals surface area contributed by atoms with E-state index in [0.29, 0.717) is 11.3 Å². The number of ether oxygens (including phenoxy) is 2. The van der Waals surface area contributed by atoms with Crippen molar-refractivity contribution in [1.29, 1.82) is 0 Å². The van der Waals surface area contributed by atoms with Gasteiger partial charge in [-0.1, -0.05) is 35.6 Å². The first-order valence-corrected chi connectivity index (χ1v) is 9.62. The van der Waals surface area contributed by atoms with E-state index >= 15 is 0 Å². The lowest BCUT2D eigenvalue weighted by molar-refractivity contribution is 0.410. The van der Waals surface area contributed by atoms with Crippen molar-refractivity contribution in [3.8, 4) is 17.2 Å². The first kappa shape index (κ1) is 18.1. The minimum atomic E-state index is -0.304. The first-order valence-electron chi connectivity index (χ1n) is 8.81. The molecule has 0 aliphatic rings. The van der Waals surface area contributed by atoms with Crippen LogP contribution in [-0.4, -0.2) is 24.3 Å². The number of nitrogens with zero attached hydrogens (tertiary/aromatic N) is 1. The van der Waals surface area contributed by atoms with Crippen molar-refractivity contribution in [1.82, 2.24) is 4.98 Å². The summed E-state index contributed by atoms with van der Waals surface area (Å²) >= 11 is 1.58. The highest BCUT2D eigenvalue weighted by atomic mass is 32.1. The molecule has 0 spiro atoms. The first-order chi connectivity index (χ1) is 13.7. The summed E-state index contributed by atoms with van der Waals surface area (Å²) in [5.41, 5.74) is 2.63. The van der Waals surface area contributed by atoms with Gasteiger partial charge in [-0.25, -0.2) is 4.98 Å². The summed E-state index contributed by atoms with van der Waals surface area (Å²) < 4.78 is 11.7. The van der Waals surface area contributed by atoms with Crippen molar-refractivity contribution in [3.63, 3.8) is 0 Å². The van der Waals surface area contributed by atoms with Gasteiger partial charge in [0.2, 0.25) is 0 Å². The number of benzene rings is 3. The van der Waals surface area contributed by atoms with Crippen LogP contribution in [0.3, 0.4) is 0 Å². The molecule has 0 bridgehead atoms. The molecule has 0 radical (unpaired) electrons. The Hall–Kier alpha value is -3.25. The van der Waals surface area contributed by atoms with Crippen LogP contribution in [0.4, 0.5) is 5.13 Å². The Morgan fingerprint density at radius 2 is 1.64 bits per heavy atom. The third kappa shape index (κ3) is 3.59. The fourth-order valence-electron chi connectivity index (χ4n) is 3.09. The monoisotopic (exact) mass is 392 g/mol. The molecule has 0 aliphatic heterocycles. The third-order valence-electron chi connectivity index (χ3n) is 4.56. The number of phenols is 1. The van der Waals surface area contributed by atoms with E-state index in [0.717, 1.165) is 26.7 Å². The molecule has 0 fully saturated rings. The number of fused-ring (bicyclic) bond motifs is 1. The maximum Gasteiger partial charge on any atom is 0.184 e. The maximum absolute atomic E-state index is 10.5. The van der Waals surface area contributed by atoms with Gasteiger partial charge >= 0.3 is 0 Å². The van der Waals surface area contributed by atoms with Gasteiger partial charge in [0.05, 0.1) is 30.5 Å². The second kappa shape index (κ2) is 7.78. The molecule has 3 aromatic carbocycles. The maximum atomic E-state index is 10.5. The van der Waals surface area contributed by atoms with Gasteiger partial charge in [-0.3, -0.25) is 0 Å². The van der Waals surface area contributed by atoms with E-state index in [9.17, 15) is 5.11 Å². The molecule has 4 rings (SSSR count). The number of thiazole rings is 1. The number of rotatable bonds is 6. The number of aromatic hydroxyl groups is 1. The summed E-state index contributed by atoms with van der Waals surface area (Å²) in [5, 5.41) is 14.8. The number of anilines is 1. The Bertz CT molecular complexity index is 1060. The summed E-state index contributed by atoms with van der Waals surface area (Å²) in [6.07, 6.45) is 0. The van der Waals surface area contributed by atoms with Gasteiger partial charge in [0.25, 0.3) is 0 Å². The molecule has 28 heavy (non-hydrogen) atoms. The average Bonchev–Trinajstić information content (AvgIpc) is 3.15. The highest BCUT2D eigenvalue weighted by molar-refractivity contribution is 7.22. The van der Waals surface area contributed by atoms with Crippen molar-refractivity contribution < 1.29 is 14.6 Å². The summed E-state index contributed by atoms with van der Waals surface area (Å²) in [4.78, 5) is 4.68. The summed E-state index contributed by atoms with van der Waals surface area (Å²) in [6.45, 7) is 0. The normalized spacial score (nSPS) is 11.9. The molecule has 2 N–H and O–H groups in total. The van der Waals surface area contributed by atoms with E-state index in [1.807, 2.05) is 54.6 Å². The van der Waals surface area contributed by atoms with E-state index < -0.39 is 0 Å². The van der Waals surface area contributed by atoms with Gasteiger partial charge in [0, 0.05) is 5.56 Å². The Kier molecular flexibility index (Phi) is 5.04. The molecular weight excluding hydrogens is 372 g/mol. The molecular formula is C22H20N2O3S. The van der Waals surface area contributed by atoms with Crippen molar-refractivity contribution in [2.45, 2.75) is 6.04 Å². The van der Waals surface area contributed by atoms with Gasteiger partial charge in [0.15, 0.2) is 5.13 Å². The van der Waals surface area contributed by atoms with Crippen LogP contribution in [0, 0.1) is 0 Å². The highest BCUT2D eigenvalue weighted by Crippen LogP contribution is 2.37. The zero-order valence-corrected chi connectivity index (χ0v) is 16.4. The van der Waals surface area contributed by atoms with Crippen molar-refractivity contribution >= 4 is 26.7 Å². The molecule has 0 amide bonds. The fourth-order valence-corrected chi connectivity index (χ4v) is 3.98. The molecule has 1 atom stereocenters. The lowest BCUT2D eigenvalue weighted by atomic mass is 9.97. The number of hydrogen-bond donors (Lipinski definition) is 2. The zero-order chi connectivity index (χ0) is 19.5. The minimum absolute atomic E-state index is 0.190. The number of aromatic nitrogens is 1. The van der Waals surface area contributed by atoms with E-state index in [2.05, 4.69) is 10.3 Å². The average molecular weight is 392 g/mol. The minimum Gasteiger partial charge on any atom is -0.508 e. The SMILES string of the molecule is COc1ccc(C(Nc2nc3ccccc3s2)c2cc(OC)ccc2O)cc1. The number of para-hydroxylation sites is 1. The zero-order valence-electron chi connectivity index (χ0n) is 15.5. The molecule has 4 aromatic rings. The lowest BCUT2D eigenvalue weighted by Crippen LogP contribution is -2.12. The van der Waals surface area contributed by atoms with Crippen LogP contribution in [-0.2, 0) is 0 Å². The van der Waals surface area contributed by atoms with Crippen LogP contribution in [0.15, 0.2) is 66.7 Å². The molecule has 5 nitrogen and oxygen atoms in total. The number of methoxy groups -OCH3 is 2. The van der Waals surface area contributed by atoms with E-state index in [-0.39, 0.29) is 11.8 Å². The van der Waals surface area contributed by atoms with Crippen LogP contribution in [0.2, 0.25) is 0 Å². The molecule has 6 heteroatoms. The summed E-state index contributed by atoms with van der Waals surface area (Å²) in [6, 6.07) is 20.7. The van der Waals surface area contributed by atoms with Crippen molar-refractivity contribution in [3.05, 3.63) is 77.9 Å². The smallest absolute Gasteiger partial charge is 0.184 e. The van der Waals surface area contributed by atoms with E-state index in [4.69, 9.17) is 9.47 Å².